The topological polar surface area (TPSA) is 250 Å². The molecule has 0 spiro atoms. The van der Waals surface area contributed by atoms with E-state index in [-0.39, 0.29) is 12.8 Å². The molecule has 0 aromatic heterocycles. The van der Waals surface area contributed by atoms with Crippen molar-refractivity contribution in [2.24, 2.45) is 0 Å². The second kappa shape index (κ2) is 36.7. The van der Waals surface area contributed by atoms with E-state index in [2.05, 4.69) is 25.2 Å². The van der Waals surface area contributed by atoms with Crippen LogP contribution in [0.3, 0.4) is 0 Å². The summed E-state index contributed by atoms with van der Waals surface area (Å²) in [5.41, 5.74) is 0. The van der Waals surface area contributed by atoms with Crippen molar-refractivity contribution >= 4 is 19.8 Å². The van der Waals surface area contributed by atoms with E-state index in [9.17, 15) is 54.8 Å². The molecule has 0 bridgehead atoms. The van der Waals surface area contributed by atoms with Crippen molar-refractivity contribution in [1.29, 1.82) is 0 Å². The van der Waals surface area contributed by atoms with Gasteiger partial charge in [-0.15, -0.1) is 0 Å². The molecule has 1 aliphatic rings. The molecule has 15 nitrogen and oxygen atoms in total. The van der Waals surface area contributed by atoms with Gasteiger partial charge in [0.15, 0.2) is 6.10 Å². The molecule has 0 aromatic rings. The van der Waals surface area contributed by atoms with Crippen LogP contribution >= 0.6 is 7.82 Å². The van der Waals surface area contributed by atoms with Crippen molar-refractivity contribution in [2.75, 3.05) is 13.2 Å². The molecule has 63 heavy (non-hydrogen) atoms. The van der Waals surface area contributed by atoms with Crippen molar-refractivity contribution in [3.63, 3.8) is 0 Å². The molecule has 364 valence electrons. The molecule has 0 radical (unpaired) electrons. The van der Waals surface area contributed by atoms with E-state index < -0.39 is 87.9 Å². The molecular formula is C47H81O15P. The first-order chi connectivity index (χ1) is 30.2. The van der Waals surface area contributed by atoms with Crippen molar-refractivity contribution in [2.45, 2.75) is 210 Å². The van der Waals surface area contributed by atoms with Gasteiger partial charge in [-0.1, -0.05) is 152 Å². The maximum absolute atomic E-state index is 12.8. The number of carbonyl (C=O) groups is 2. The minimum absolute atomic E-state index is 0.0501. The third-order valence-electron chi connectivity index (χ3n) is 10.6. The molecule has 1 saturated carbocycles. The standard InChI is InChI=1S/C47H81O15P/c1-3-5-6-7-8-9-10-14-18-21-24-27-30-33-40(50)59-35-37(36-60-63(57,58)62-47-45(55)43(53)42(52)44(54)46(47)56)61-41(51)34-31-28-25-22-19-16-13-11-12-15-17-20-23-26-29-32-39(49)38(48)4-2/h11-12,16-17,19-20,25-26,28-29,37-39,42-49,52-56H,3-10,13-15,18,21-24,27,30-36H2,1-2H3,(H,57,58)/b12-11+,19-16+,20-17+,28-25+,29-26+. The second-order valence-electron chi connectivity index (χ2n) is 16.2. The third kappa shape index (κ3) is 28.9. The molecule has 1 rings (SSSR count). The summed E-state index contributed by atoms with van der Waals surface area (Å²) in [6, 6.07) is 0. The van der Waals surface area contributed by atoms with Crippen LogP contribution in [-0.4, -0.2) is 121 Å². The molecule has 8 N–H and O–H groups in total. The molecule has 0 aliphatic heterocycles. The van der Waals surface area contributed by atoms with Crippen LogP contribution in [-0.2, 0) is 32.7 Å². The number of phosphoric ester groups is 1. The Morgan fingerprint density at radius 1 is 0.556 bits per heavy atom. The zero-order chi connectivity index (χ0) is 46.7. The molecule has 0 heterocycles. The van der Waals surface area contributed by atoms with Gasteiger partial charge in [0.2, 0.25) is 0 Å². The summed E-state index contributed by atoms with van der Waals surface area (Å²) >= 11 is 0. The van der Waals surface area contributed by atoms with Crippen LogP contribution in [0, 0.1) is 0 Å². The Morgan fingerprint density at radius 2 is 1.00 bits per heavy atom. The van der Waals surface area contributed by atoms with Gasteiger partial charge >= 0.3 is 19.8 Å². The van der Waals surface area contributed by atoms with Crippen LogP contribution in [0.4, 0.5) is 0 Å². The van der Waals surface area contributed by atoms with Crippen LogP contribution in [0.1, 0.15) is 155 Å². The molecule has 8 unspecified atom stereocenters. The molecule has 1 aliphatic carbocycles. The van der Waals surface area contributed by atoms with Crippen LogP contribution in [0.25, 0.3) is 0 Å². The number of ether oxygens (including phenoxy) is 2. The van der Waals surface area contributed by atoms with Crippen molar-refractivity contribution in [1.82, 2.24) is 0 Å². The maximum Gasteiger partial charge on any atom is 0.472 e. The van der Waals surface area contributed by atoms with E-state index in [0.717, 1.165) is 38.5 Å². The first kappa shape index (κ1) is 58.5. The lowest BCUT2D eigenvalue weighted by atomic mass is 9.85. The lowest BCUT2D eigenvalue weighted by Gasteiger charge is -2.41. The highest BCUT2D eigenvalue weighted by Gasteiger charge is 2.51. The molecular weight excluding hydrogens is 835 g/mol. The number of aliphatic hydroxyl groups excluding tert-OH is 7. The van der Waals surface area contributed by atoms with E-state index in [1.807, 2.05) is 49.5 Å². The Hall–Kier alpha value is -2.53. The van der Waals surface area contributed by atoms with Gasteiger partial charge in [-0.25, -0.2) is 4.57 Å². The van der Waals surface area contributed by atoms with Gasteiger partial charge in [0, 0.05) is 12.8 Å². The van der Waals surface area contributed by atoms with Crippen LogP contribution in [0.15, 0.2) is 60.8 Å². The van der Waals surface area contributed by atoms with Crippen molar-refractivity contribution in [3.05, 3.63) is 60.8 Å². The lowest BCUT2D eigenvalue weighted by molar-refractivity contribution is -0.220. The Bertz CT molecular complexity index is 1370. The highest BCUT2D eigenvalue weighted by atomic mass is 31.2. The minimum Gasteiger partial charge on any atom is -0.462 e. The minimum atomic E-state index is -5.15. The van der Waals surface area contributed by atoms with Crippen LogP contribution in [0.5, 0.6) is 0 Å². The molecule has 0 amide bonds. The summed E-state index contributed by atoms with van der Waals surface area (Å²) in [6.45, 7) is 2.78. The predicted molar refractivity (Wildman–Crippen MR) is 242 cm³/mol. The van der Waals surface area contributed by atoms with Crippen molar-refractivity contribution in [3.8, 4) is 0 Å². The monoisotopic (exact) mass is 917 g/mol. The predicted octanol–water partition coefficient (Wildman–Crippen LogP) is 6.89. The van der Waals surface area contributed by atoms with Gasteiger partial charge in [-0.3, -0.25) is 18.6 Å². The second-order valence-corrected chi connectivity index (χ2v) is 17.6. The maximum atomic E-state index is 12.8. The summed E-state index contributed by atoms with van der Waals surface area (Å²) < 4.78 is 33.4. The summed E-state index contributed by atoms with van der Waals surface area (Å²) in [5, 5.41) is 69.4. The number of phosphoric acid groups is 1. The Labute approximate surface area is 376 Å². The highest BCUT2D eigenvalue weighted by molar-refractivity contribution is 7.47. The van der Waals surface area contributed by atoms with Gasteiger partial charge < -0.3 is 50.1 Å². The fourth-order valence-electron chi connectivity index (χ4n) is 6.66. The Morgan fingerprint density at radius 3 is 1.49 bits per heavy atom. The van der Waals surface area contributed by atoms with Crippen LogP contribution < -0.4 is 0 Å². The van der Waals surface area contributed by atoms with E-state index in [0.29, 0.717) is 32.1 Å². The van der Waals surface area contributed by atoms with E-state index >= 15 is 0 Å². The molecule has 1 fully saturated rings. The first-order valence-corrected chi connectivity index (χ1v) is 24.8. The number of carbonyl (C=O) groups excluding carboxylic acids is 2. The fourth-order valence-corrected chi connectivity index (χ4v) is 7.63. The zero-order valence-corrected chi connectivity index (χ0v) is 38.7. The smallest absolute Gasteiger partial charge is 0.462 e. The summed E-state index contributed by atoms with van der Waals surface area (Å²) in [5.74, 6) is -1.23. The van der Waals surface area contributed by atoms with Gasteiger partial charge in [0.1, 0.15) is 43.2 Å². The number of allylic oxidation sites excluding steroid dienone is 9. The molecule has 0 saturated heterocycles. The van der Waals surface area contributed by atoms with E-state index in [4.69, 9.17) is 18.5 Å². The van der Waals surface area contributed by atoms with Gasteiger partial charge in [0.05, 0.1) is 18.8 Å². The average Bonchev–Trinajstić information content (AvgIpc) is 3.26. The summed E-state index contributed by atoms with van der Waals surface area (Å²) in [6.07, 6.45) is 24.3. The number of rotatable bonds is 37. The third-order valence-corrected chi connectivity index (χ3v) is 11.6. The fraction of sp³-hybridized carbons (Fsp3) is 0.745. The Balaban J connectivity index is 2.52. The highest BCUT2D eigenvalue weighted by Crippen LogP contribution is 2.47. The number of hydrogen-bond acceptors (Lipinski definition) is 14. The van der Waals surface area contributed by atoms with Gasteiger partial charge in [-0.05, 0) is 51.4 Å². The van der Waals surface area contributed by atoms with Gasteiger partial charge in [-0.2, -0.15) is 0 Å². The zero-order valence-electron chi connectivity index (χ0n) is 37.8. The largest absolute Gasteiger partial charge is 0.472 e. The molecule has 8 atom stereocenters. The normalized spacial score (nSPS) is 23.3. The quantitative estimate of drug-likeness (QED) is 0.0137. The summed E-state index contributed by atoms with van der Waals surface area (Å²) in [4.78, 5) is 35.6. The number of esters is 2. The van der Waals surface area contributed by atoms with Crippen LogP contribution in [0.2, 0.25) is 0 Å². The number of unbranched alkanes of at least 4 members (excludes halogenated alkanes) is 12. The lowest BCUT2D eigenvalue weighted by Crippen LogP contribution is -2.64. The summed E-state index contributed by atoms with van der Waals surface area (Å²) in [7, 11) is -5.15. The van der Waals surface area contributed by atoms with Crippen molar-refractivity contribution < 1.29 is 73.3 Å². The SMILES string of the molecule is CCCCCCCCCCCCCCCC(=O)OCC(COP(=O)(O)OC1C(O)C(O)C(O)C(O)C1O)OC(=O)CC/C=C/C/C=C/C/C=C/C/C=C/C/C=C/CC(O)C(O)CC. The molecule has 16 heteroatoms. The Kier molecular flexibility index (Phi) is 34.0. The average molecular weight is 917 g/mol. The van der Waals surface area contributed by atoms with E-state index in [1.54, 1.807) is 0 Å². The first-order valence-electron chi connectivity index (χ1n) is 23.3. The van der Waals surface area contributed by atoms with E-state index in [1.165, 1.54) is 57.8 Å². The number of hydrogen-bond donors (Lipinski definition) is 8. The van der Waals surface area contributed by atoms with Gasteiger partial charge in [0.25, 0.3) is 0 Å². The number of aliphatic hydroxyl groups is 7. The molecule has 0 aromatic carbocycles.